The number of rotatable bonds is 3. The summed E-state index contributed by atoms with van der Waals surface area (Å²) in [6, 6.07) is 0.228. The molecule has 0 saturated carbocycles. The van der Waals surface area contributed by atoms with Gasteiger partial charge in [0.25, 0.3) is 0 Å². The number of piperazine rings is 1. The summed E-state index contributed by atoms with van der Waals surface area (Å²) in [4.78, 5) is 28.4. The van der Waals surface area contributed by atoms with Gasteiger partial charge in [0.05, 0.1) is 6.54 Å². The minimum absolute atomic E-state index is 0.0411. The van der Waals surface area contributed by atoms with Crippen LogP contribution >= 0.6 is 0 Å². The summed E-state index contributed by atoms with van der Waals surface area (Å²) < 4.78 is 0. The third kappa shape index (κ3) is 3.08. The molecule has 0 aromatic heterocycles. The van der Waals surface area contributed by atoms with Crippen LogP contribution in [0.1, 0.15) is 40.0 Å². The molecule has 108 valence electrons. The quantitative estimate of drug-likeness (QED) is 0.814. The first-order valence-electron chi connectivity index (χ1n) is 7.28. The average molecular weight is 267 g/mol. The first-order valence-corrected chi connectivity index (χ1v) is 7.28. The maximum atomic E-state index is 12.4. The van der Waals surface area contributed by atoms with E-state index in [9.17, 15) is 9.59 Å². The predicted octanol–water partition coefficient (Wildman–Crippen LogP) is 0.598. The number of amides is 2. The molecule has 0 aliphatic carbocycles. The zero-order valence-electron chi connectivity index (χ0n) is 12.2. The summed E-state index contributed by atoms with van der Waals surface area (Å²) in [6.45, 7) is 9.17. The van der Waals surface area contributed by atoms with Crippen molar-refractivity contribution in [2.75, 3.05) is 26.2 Å². The van der Waals surface area contributed by atoms with E-state index in [2.05, 4.69) is 17.1 Å². The van der Waals surface area contributed by atoms with Crippen LogP contribution in [0.25, 0.3) is 0 Å². The molecule has 0 radical (unpaired) electrons. The molecule has 0 spiro atoms. The van der Waals surface area contributed by atoms with Gasteiger partial charge in [-0.1, -0.05) is 6.92 Å². The normalized spacial score (nSPS) is 25.5. The van der Waals surface area contributed by atoms with Gasteiger partial charge in [-0.25, -0.2) is 0 Å². The summed E-state index contributed by atoms with van der Waals surface area (Å²) in [6.07, 6.45) is 3.13. The lowest BCUT2D eigenvalue weighted by Gasteiger charge is -2.44. The van der Waals surface area contributed by atoms with E-state index < -0.39 is 5.54 Å². The molecule has 5 nitrogen and oxygen atoms in total. The molecular weight excluding hydrogens is 242 g/mol. The summed E-state index contributed by atoms with van der Waals surface area (Å²) in [5.74, 6) is 0.0154. The Labute approximate surface area is 115 Å². The predicted molar refractivity (Wildman–Crippen MR) is 73.7 cm³/mol. The summed E-state index contributed by atoms with van der Waals surface area (Å²) in [5, 5.41) is 2.76. The summed E-state index contributed by atoms with van der Waals surface area (Å²) >= 11 is 0. The van der Waals surface area contributed by atoms with Gasteiger partial charge in [0.15, 0.2) is 0 Å². The second kappa shape index (κ2) is 5.49. The van der Waals surface area contributed by atoms with Crippen molar-refractivity contribution in [1.82, 2.24) is 15.1 Å². The van der Waals surface area contributed by atoms with Crippen molar-refractivity contribution < 1.29 is 9.59 Å². The number of likely N-dealkylation sites (tertiary alicyclic amines) is 1. The van der Waals surface area contributed by atoms with E-state index in [-0.39, 0.29) is 24.4 Å². The molecule has 5 heteroatoms. The zero-order valence-corrected chi connectivity index (χ0v) is 12.2. The van der Waals surface area contributed by atoms with Gasteiger partial charge in [-0.15, -0.1) is 0 Å². The Bertz CT molecular complexity index is 360. The molecule has 0 aromatic rings. The van der Waals surface area contributed by atoms with E-state index in [0.717, 1.165) is 32.5 Å². The first kappa shape index (κ1) is 14.3. The van der Waals surface area contributed by atoms with Crippen molar-refractivity contribution >= 4 is 11.8 Å². The van der Waals surface area contributed by atoms with E-state index >= 15 is 0 Å². The molecule has 2 aliphatic rings. The molecule has 2 saturated heterocycles. The van der Waals surface area contributed by atoms with Gasteiger partial charge in [-0.05, 0) is 39.7 Å². The number of nitrogens with zero attached hydrogens (tertiary/aromatic N) is 2. The van der Waals surface area contributed by atoms with Gasteiger partial charge in [0, 0.05) is 19.1 Å². The Balaban J connectivity index is 1.98. The fourth-order valence-corrected chi connectivity index (χ4v) is 3.09. The highest BCUT2D eigenvalue weighted by Crippen LogP contribution is 2.22. The number of hydrogen-bond acceptors (Lipinski definition) is 3. The zero-order chi connectivity index (χ0) is 14.0. The van der Waals surface area contributed by atoms with Crippen molar-refractivity contribution in [3.05, 3.63) is 0 Å². The lowest BCUT2D eigenvalue weighted by Crippen LogP contribution is -2.66. The minimum Gasteiger partial charge on any atom is -0.341 e. The molecule has 1 N–H and O–H groups in total. The maximum absolute atomic E-state index is 12.4. The Morgan fingerprint density at radius 3 is 2.47 bits per heavy atom. The highest BCUT2D eigenvalue weighted by atomic mass is 16.2. The van der Waals surface area contributed by atoms with Gasteiger partial charge in [0.1, 0.15) is 5.54 Å². The number of piperidine rings is 1. The Morgan fingerprint density at radius 2 is 1.89 bits per heavy atom. The van der Waals surface area contributed by atoms with Crippen LogP contribution in [0.15, 0.2) is 0 Å². The van der Waals surface area contributed by atoms with Gasteiger partial charge < -0.3 is 15.1 Å². The molecule has 2 aliphatic heterocycles. The van der Waals surface area contributed by atoms with Crippen LogP contribution in [0.5, 0.6) is 0 Å². The fraction of sp³-hybridized carbons (Fsp3) is 0.857. The second-order valence-corrected chi connectivity index (χ2v) is 6.18. The third-order valence-electron chi connectivity index (χ3n) is 4.10. The van der Waals surface area contributed by atoms with Gasteiger partial charge in [-0.3, -0.25) is 9.59 Å². The molecule has 0 bridgehead atoms. The van der Waals surface area contributed by atoms with Gasteiger partial charge >= 0.3 is 0 Å². The van der Waals surface area contributed by atoms with Crippen LogP contribution in [0.3, 0.4) is 0 Å². The highest BCUT2D eigenvalue weighted by Gasteiger charge is 2.42. The van der Waals surface area contributed by atoms with E-state index in [1.165, 1.54) is 6.42 Å². The van der Waals surface area contributed by atoms with E-state index in [1.54, 1.807) is 18.7 Å². The van der Waals surface area contributed by atoms with Crippen LogP contribution in [0, 0.1) is 0 Å². The van der Waals surface area contributed by atoms with E-state index in [0.29, 0.717) is 0 Å². The molecule has 19 heavy (non-hydrogen) atoms. The smallest absolute Gasteiger partial charge is 0.248 e. The Kier molecular flexibility index (Phi) is 4.13. The molecular formula is C14H25N3O2. The largest absolute Gasteiger partial charge is 0.341 e. The van der Waals surface area contributed by atoms with Crippen LogP contribution in [0.4, 0.5) is 0 Å². The lowest BCUT2D eigenvalue weighted by atomic mass is 9.95. The number of carbonyl (C=O) groups excluding carboxylic acids is 2. The summed E-state index contributed by atoms with van der Waals surface area (Å²) in [7, 11) is 0. The topological polar surface area (TPSA) is 52.6 Å². The van der Waals surface area contributed by atoms with Crippen LogP contribution < -0.4 is 5.32 Å². The van der Waals surface area contributed by atoms with Crippen molar-refractivity contribution in [1.29, 1.82) is 0 Å². The van der Waals surface area contributed by atoms with Crippen LogP contribution in [0.2, 0.25) is 0 Å². The Hall–Kier alpha value is -1.10. The monoisotopic (exact) mass is 267 g/mol. The van der Waals surface area contributed by atoms with Gasteiger partial charge in [0.2, 0.25) is 11.8 Å². The number of nitrogens with one attached hydrogen (secondary N) is 1. The molecule has 0 atom stereocenters. The number of hydrogen-bond donors (Lipinski definition) is 1. The third-order valence-corrected chi connectivity index (χ3v) is 4.10. The minimum atomic E-state index is -0.754. The van der Waals surface area contributed by atoms with Gasteiger partial charge in [-0.2, -0.15) is 0 Å². The maximum Gasteiger partial charge on any atom is 0.248 e. The second-order valence-electron chi connectivity index (χ2n) is 6.18. The summed E-state index contributed by atoms with van der Waals surface area (Å²) in [5.41, 5.74) is -0.754. The molecule has 2 fully saturated rings. The first-order chi connectivity index (χ1) is 8.94. The molecule has 0 unspecified atom stereocenters. The molecule has 0 aromatic carbocycles. The molecule has 2 rings (SSSR count). The van der Waals surface area contributed by atoms with Crippen molar-refractivity contribution in [2.24, 2.45) is 0 Å². The van der Waals surface area contributed by atoms with Crippen LogP contribution in [-0.2, 0) is 9.59 Å². The molecule has 2 heterocycles. The van der Waals surface area contributed by atoms with E-state index in [1.807, 2.05) is 0 Å². The lowest BCUT2D eigenvalue weighted by molar-refractivity contribution is -0.151. The molecule has 2 amide bonds. The average Bonchev–Trinajstić information content (AvgIpc) is 2.35. The van der Waals surface area contributed by atoms with Crippen molar-refractivity contribution in [3.63, 3.8) is 0 Å². The van der Waals surface area contributed by atoms with Crippen LogP contribution in [-0.4, -0.2) is 59.4 Å². The Morgan fingerprint density at radius 1 is 1.26 bits per heavy atom. The van der Waals surface area contributed by atoms with E-state index in [4.69, 9.17) is 0 Å². The fourth-order valence-electron chi connectivity index (χ4n) is 3.09. The number of carbonyl (C=O) groups is 2. The SMILES string of the molecule is CCCN1CCC(N2CC(=O)NC(C)(C)C2=O)CC1. The van der Waals surface area contributed by atoms with Crippen molar-refractivity contribution in [3.8, 4) is 0 Å². The standard InChI is InChI=1S/C14H25N3O2/c1-4-7-16-8-5-11(6-9-16)17-10-12(18)15-14(2,3)13(17)19/h11H,4-10H2,1-3H3,(H,15,18). The highest BCUT2D eigenvalue weighted by molar-refractivity contribution is 5.97. The van der Waals surface area contributed by atoms with Crippen molar-refractivity contribution in [2.45, 2.75) is 51.6 Å².